The molecule has 1 aromatic carbocycles. The predicted molar refractivity (Wildman–Crippen MR) is 143 cm³/mol. The van der Waals surface area contributed by atoms with Gasteiger partial charge in [-0.1, -0.05) is 30.3 Å². The zero-order valence-electron chi connectivity index (χ0n) is 21.5. The second-order valence-electron chi connectivity index (χ2n) is 9.36. The van der Waals surface area contributed by atoms with E-state index in [0.29, 0.717) is 6.54 Å². The molecule has 1 unspecified atom stereocenters. The first-order chi connectivity index (χ1) is 18.0. The molecule has 3 aromatic heterocycles. The highest BCUT2D eigenvalue weighted by Crippen LogP contribution is 2.33. The van der Waals surface area contributed by atoms with Crippen LogP contribution in [0.1, 0.15) is 41.2 Å². The third kappa shape index (κ3) is 5.36. The van der Waals surface area contributed by atoms with Crippen LogP contribution in [-0.4, -0.2) is 62.1 Å². The Balaban J connectivity index is 1.35. The number of piperazine rings is 1. The van der Waals surface area contributed by atoms with Crippen molar-refractivity contribution in [2.75, 3.05) is 31.1 Å². The Morgan fingerprint density at radius 2 is 1.73 bits per heavy atom. The predicted octanol–water partition coefficient (Wildman–Crippen LogP) is 3.43. The second-order valence-corrected chi connectivity index (χ2v) is 9.36. The van der Waals surface area contributed by atoms with Gasteiger partial charge in [-0.15, -0.1) is 0 Å². The van der Waals surface area contributed by atoms with Crippen molar-refractivity contribution in [1.82, 2.24) is 35.4 Å². The van der Waals surface area contributed by atoms with Crippen molar-refractivity contribution < 1.29 is 4.79 Å². The Morgan fingerprint density at radius 3 is 2.38 bits per heavy atom. The zero-order valence-corrected chi connectivity index (χ0v) is 21.5. The molecule has 5 rings (SSSR count). The summed E-state index contributed by atoms with van der Waals surface area (Å²) in [5.41, 5.74) is 7.23. The van der Waals surface area contributed by atoms with Crippen molar-refractivity contribution in [3.8, 4) is 11.3 Å². The summed E-state index contributed by atoms with van der Waals surface area (Å²) in [6, 6.07) is 14.3. The lowest BCUT2D eigenvalue weighted by molar-refractivity contribution is -0.119. The maximum Gasteiger partial charge on any atom is 0.217 e. The second kappa shape index (κ2) is 10.9. The van der Waals surface area contributed by atoms with Gasteiger partial charge in [0.1, 0.15) is 5.69 Å². The van der Waals surface area contributed by atoms with Gasteiger partial charge in [-0.3, -0.25) is 24.8 Å². The minimum absolute atomic E-state index is 0.0391. The lowest BCUT2D eigenvalue weighted by Gasteiger charge is -2.40. The molecule has 190 valence electrons. The van der Waals surface area contributed by atoms with Gasteiger partial charge in [0.25, 0.3) is 0 Å². The third-order valence-electron chi connectivity index (χ3n) is 6.85. The fourth-order valence-electron chi connectivity index (χ4n) is 4.98. The number of nitrogens with one attached hydrogen (secondary N) is 2. The van der Waals surface area contributed by atoms with Gasteiger partial charge in [0.2, 0.25) is 5.91 Å². The zero-order chi connectivity index (χ0) is 25.8. The number of pyridine rings is 1. The van der Waals surface area contributed by atoms with Gasteiger partial charge >= 0.3 is 0 Å². The molecule has 4 aromatic rings. The first-order valence-electron chi connectivity index (χ1n) is 12.6. The maximum atomic E-state index is 11.2. The van der Waals surface area contributed by atoms with Crippen molar-refractivity contribution in [1.29, 1.82) is 0 Å². The number of nitrogens with zero attached hydrogens (tertiary/aromatic N) is 6. The molecule has 1 amide bonds. The molecule has 0 aliphatic carbocycles. The molecular formula is C28H32N8O. The normalized spacial score (nSPS) is 14.9. The summed E-state index contributed by atoms with van der Waals surface area (Å²) in [6.45, 7) is 9.53. The van der Waals surface area contributed by atoms with Crippen molar-refractivity contribution in [3.05, 3.63) is 89.3 Å². The molecule has 1 aliphatic heterocycles. The van der Waals surface area contributed by atoms with Gasteiger partial charge in [-0.05, 0) is 31.5 Å². The standard InChI is InChI=1S/C28H32N8O/c1-19-25(20(2)34-33-19)27(24-6-4-5-11-29-24)35-14-16-36(17-15-35)28-26(30-12-13-31-28)23-9-7-22(8-10-23)18-32-21(3)37/h4-13,27H,14-18H2,1-3H3,(H,32,37)(H,33,34). The van der Waals surface area contributed by atoms with Gasteiger partial charge in [0, 0.05) is 75.1 Å². The number of rotatable bonds is 7. The van der Waals surface area contributed by atoms with Crippen LogP contribution in [0.2, 0.25) is 0 Å². The van der Waals surface area contributed by atoms with Crippen LogP contribution in [0.4, 0.5) is 5.82 Å². The Bertz CT molecular complexity index is 1320. The van der Waals surface area contributed by atoms with E-state index in [4.69, 9.17) is 9.97 Å². The van der Waals surface area contributed by atoms with Crippen molar-refractivity contribution in [2.24, 2.45) is 0 Å². The van der Waals surface area contributed by atoms with Gasteiger partial charge < -0.3 is 10.2 Å². The molecule has 4 heterocycles. The monoisotopic (exact) mass is 496 g/mol. The highest BCUT2D eigenvalue weighted by Gasteiger charge is 2.31. The van der Waals surface area contributed by atoms with Crippen molar-refractivity contribution in [3.63, 3.8) is 0 Å². The summed E-state index contributed by atoms with van der Waals surface area (Å²) < 4.78 is 0. The molecule has 0 radical (unpaired) electrons. The summed E-state index contributed by atoms with van der Waals surface area (Å²) in [7, 11) is 0. The Labute approximate surface area is 217 Å². The molecule has 2 N–H and O–H groups in total. The number of aromatic nitrogens is 5. The molecule has 1 saturated heterocycles. The number of aromatic amines is 1. The summed E-state index contributed by atoms with van der Waals surface area (Å²) in [4.78, 5) is 30.1. The molecule has 0 saturated carbocycles. The number of amides is 1. The number of anilines is 1. The van der Waals surface area contributed by atoms with Crippen LogP contribution >= 0.6 is 0 Å². The fraction of sp³-hybridized carbons (Fsp3) is 0.321. The first kappa shape index (κ1) is 24.6. The molecule has 1 aliphatic rings. The topological polar surface area (TPSA) is 103 Å². The summed E-state index contributed by atoms with van der Waals surface area (Å²) in [6.07, 6.45) is 5.35. The molecule has 37 heavy (non-hydrogen) atoms. The van der Waals surface area contributed by atoms with Crippen LogP contribution < -0.4 is 10.2 Å². The Kier molecular flexibility index (Phi) is 7.23. The summed E-state index contributed by atoms with van der Waals surface area (Å²) in [5, 5.41) is 10.4. The average molecular weight is 497 g/mol. The number of carbonyl (C=O) groups is 1. The number of H-pyrrole nitrogens is 1. The first-order valence-corrected chi connectivity index (χ1v) is 12.6. The molecular weight excluding hydrogens is 464 g/mol. The summed E-state index contributed by atoms with van der Waals surface area (Å²) >= 11 is 0. The van der Waals surface area contributed by atoms with Gasteiger partial charge in [-0.2, -0.15) is 5.10 Å². The lowest BCUT2D eigenvalue weighted by atomic mass is 9.98. The van der Waals surface area contributed by atoms with E-state index in [1.165, 1.54) is 12.5 Å². The number of hydrogen-bond donors (Lipinski definition) is 2. The molecule has 1 atom stereocenters. The highest BCUT2D eigenvalue weighted by atomic mass is 16.1. The Hall–Kier alpha value is -4.11. The molecule has 0 bridgehead atoms. The van der Waals surface area contributed by atoms with E-state index in [2.05, 4.69) is 50.2 Å². The highest BCUT2D eigenvalue weighted by molar-refractivity contribution is 5.73. The van der Waals surface area contributed by atoms with E-state index < -0.39 is 0 Å². The summed E-state index contributed by atoms with van der Waals surface area (Å²) in [5.74, 6) is 0.852. The number of carbonyl (C=O) groups excluding carboxylic acids is 1. The van der Waals surface area contributed by atoms with E-state index in [0.717, 1.165) is 65.9 Å². The van der Waals surface area contributed by atoms with E-state index >= 15 is 0 Å². The molecule has 9 nitrogen and oxygen atoms in total. The van der Waals surface area contributed by atoms with Crippen LogP contribution in [0.25, 0.3) is 11.3 Å². The van der Waals surface area contributed by atoms with Crippen LogP contribution in [0.3, 0.4) is 0 Å². The minimum Gasteiger partial charge on any atom is -0.352 e. The van der Waals surface area contributed by atoms with Gasteiger partial charge in [0.15, 0.2) is 5.82 Å². The van der Waals surface area contributed by atoms with Crippen LogP contribution in [0.15, 0.2) is 61.1 Å². The van der Waals surface area contributed by atoms with Gasteiger partial charge in [-0.25, -0.2) is 4.98 Å². The molecule has 0 spiro atoms. The minimum atomic E-state index is -0.0391. The Morgan fingerprint density at radius 1 is 0.973 bits per heavy atom. The average Bonchev–Trinajstić information content (AvgIpc) is 3.26. The van der Waals surface area contributed by atoms with Gasteiger partial charge in [0.05, 0.1) is 17.4 Å². The third-order valence-corrected chi connectivity index (χ3v) is 6.85. The number of benzene rings is 1. The van der Waals surface area contributed by atoms with Crippen LogP contribution in [0, 0.1) is 13.8 Å². The largest absolute Gasteiger partial charge is 0.352 e. The molecule has 1 fully saturated rings. The lowest BCUT2D eigenvalue weighted by Crippen LogP contribution is -2.48. The SMILES string of the molecule is CC(=O)NCc1ccc(-c2nccnc2N2CCN(C(c3ccccn3)c3c(C)n[nH]c3C)CC2)cc1. The van der Waals surface area contributed by atoms with Crippen molar-refractivity contribution >= 4 is 11.7 Å². The van der Waals surface area contributed by atoms with E-state index in [-0.39, 0.29) is 11.9 Å². The smallest absolute Gasteiger partial charge is 0.217 e. The molecule has 9 heteroatoms. The van der Waals surface area contributed by atoms with Crippen molar-refractivity contribution in [2.45, 2.75) is 33.4 Å². The van der Waals surface area contributed by atoms with Crippen LogP contribution in [-0.2, 0) is 11.3 Å². The number of hydrogen-bond acceptors (Lipinski definition) is 7. The van der Waals surface area contributed by atoms with E-state index in [1.54, 1.807) is 12.4 Å². The van der Waals surface area contributed by atoms with Crippen LogP contribution in [0.5, 0.6) is 0 Å². The van der Waals surface area contributed by atoms with E-state index in [9.17, 15) is 4.79 Å². The number of aryl methyl sites for hydroxylation is 2. The maximum absolute atomic E-state index is 11.2. The quantitative estimate of drug-likeness (QED) is 0.404. The van der Waals surface area contributed by atoms with E-state index in [1.807, 2.05) is 42.6 Å². The fourth-order valence-corrected chi connectivity index (χ4v) is 4.98.